The first-order valence-corrected chi connectivity index (χ1v) is 8.01. The summed E-state index contributed by atoms with van der Waals surface area (Å²) in [4.78, 5) is 1.23. The van der Waals surface area contributed by atoms with Gasteiger partial charge in [-0.3, -0.25) is 0 Å². The van der Waals surface area contributed by atoms with Crippen molar-refractivity contribution in [3.63, 3.8) is 0 Å². The molecule has 1 aromatic rings. The first-order chi connectivity index (χ1) is 9.75. The summed E-state index contributed by atoms with van der Waals surface area (Å²) in [5.74, 6) is 0.355. The third kappa shape index (κ3) is 3.32. The van der Waals surface area contributed by atoms with Crippen LogP contribution in [0.2, 0.25) is 0 Å². The minimum Gasteiger partial charge on any atom is -0.396 e. The Morgan fingerprint density at radius 1 is 1.24 bits per heavy atom. The quantitative estimate of drug-likeness (QED) is 0.923. The van der Waals surface area contributed by atoms with Crippen LogP contribution in [0.25, 0.3) is 0 Å². The first kappa shape index (κ1) is 16.1. The zero-order chi connectivity index (χ0) is 15.7. The number of rotatable bonds is 4. The van der Waals surface area contributed by atoms with Gasteiger partial charge in [-0.15, -0.1) is 0 Å². The average Bonchev–Trinajstić information content (AvgIpc) is 2.87. The maximum absolute atomic E-state index is 12.4. The predicted octanol–water partition coefficient (Wildman–Crippen LogP) is 2.19. The normalized spacial score (nSPS) is 20.0. The molecule has 1 N–H and O–H groups in total. The van der Waals surface area contributed by atoms with Crippen molar-refractivity contribution in [3.05, 3.63) is 24.3 Å². The number of nitrogens with zero attached hydrogens (tertiary/aromatic N) is 1. The maximum Gasteiger partial charge on any atom is 0.501 e. The molecule has 4 nitrogen and oxygen atoms in total. The van der Waals surface area contributed by atoms with E-state index in [1.54, 1.807) is 0 Å². The molecule has 1 aromatic carbocycles. The van der Waals surface area contributed by atoms with E-state index in [-0.39, 0.29) is 6.61 Å². The monoisotopic (exact) mass is 323 g/mol. The maximum atomic E-state index is 12.4. The Morgan fingerprint density at radius 2 is 1.86 bits per heavy atom. The van der Waals surface area contributed by atoms with Crippen molar-refractivity contribution in [2.45, 2.75) is 23.2 Å². The standard InChI is InChI=1S/C13H16F3NO3S/c14-13(15,16)21(19,20)12-3-1-11(2-4-12)17-7-5-10(9-17)6-8-18/h1-4,10,18H,5-9H2. The number of hydrogen-bond acceptors (Lipinski definition) is 4. The molecule has 0 aliphatic carbocycles. The van der Waals surface area contributed by atoms with Crippen LogP contribution in [0.5, 0.6) is 0 Å². The molecular formula is C13H16F3NO3S. The lowest BCUT2D eigenvalue weighted by Gasteiger charge is -2.19. The SMILES string of the molecule is O=S(=O)(c1ccc(N2CCC(CCO)C2)cc1)C(F)(F)F. The van der Waals surface area contributed by atoms with E-state index in [2.05, 4.69) is 0 Å². The highest BCUT2D eigenvalue weighted by Gasteiger charge is 2.46. The largest absolute Gasteiger partial charge is 0.501 e. The molecule has 0 amide bonds. The Bertz CT molecular complexity index is 584. The molecule has 2 rings (SSSR count). The van der Waals surface area contributed by atoms with Gasteiger partial charge in [0.2, 0.25) is 0 Å². The minimum absolute atomic E-state index is 0.112. The van der Waals surface area contributed by atoms with Crippen LogP contribution < -0.4 is 4.90 Å². The van der Waals surface area contributed by atoms with Crippen molar-refractivity contribution in [1.29, 1.82) is 0 Å². The lowest BCUT2D eigenvalue weighted by molar-refractivity contribution is -0.0436. The third-order valence-corrected chi connectivity index (χ3v) is 5.14. The molecule has 0 saturated carbocycles. The van der Waals surface area contributed by atoms with Crippen LogP contribution in [-0.4, -0.2) is 38.7 Å². The van der Waals surface area contributed by atoms with E-state index in [9.17, 15) is 21.6 Å². The summed E-state index contributed by atoms with van der Waals surface area (Å²) < 4.78 is 59.8. The highest BCUT2D eigenvalue weighted by Crippen LogP contribution is 2.32. The number of sulfone groups is 1. The van der Waals surface area contributed by atoms with Crippen LogP contribution in [0.4, 0.5) is 18.9 Å². The zero-order valence-corrected chi connectivity index (χ0v) is 12.0. The van der Waals surface area contributed by atoms with Gasteiger partial charge in [0.05, 0.1) is 4.90 Å². The van der Waals surface area contributed by atoms with Crippen molar-refractivity contribution in [2.75, 3.05) is 24.6 Å². The molecule has 1 heterocycles. The molecule has 1 saturated heterocycles. The van der Waals surface area contributed by atoms with Gasteiger partial charge in [0.25, 0.3) is 9.84 Å². The summed E-state index contributed by atoms with van der Waals surface area (Å²) in [5, 5.41) is 8.89. The molecule has 0 aromatic heterocycles. The second-order valence-electron chi connectivity index (χ2n) is 5.06. The summed E-state index contributed by atoms with van der Waals surface area (Å²) in [5.41, 5.74) is -4.59. The fourth-order valence-corrected chi connectivity index (χ4v) is 3.22. The Kier molecular flexibility index (Phi) is 4.48. The van der Waals surface area contributed by atoms with Crippen LogP contribution in [0.3, 0.4) is 0 Å². The molecule has 1 atom stereocenters. The summed E-state index contributed by atoms with van der Waals surface area (Å²) in [6.07, 6.45) is 1.60. The van der Waals surface area contributed by atoms with Gasteiger partial charge in [-0.05, 0) is 43.0 Å². The lowest BCUT2D eigenvalue weighted by atomic mass is 10.1. The molecule has 118 valence electrons. The Labute approximate surface area is 121 Å². The molecule has 0 radical (unpaired) electrons. The molecule has 21 heavy (non-hydrogen) atoms. The summed E-state index contributed by atoms with van der Waals surface area (Å²) in [7, 11) is -5.29. The van der Waals surface area contributed by atoms with E-state index < -0.39 is 20.2 Å². The van der Waals surface area contributed by atoms with Gasteiger partial charge in [-0.1, -0.05) is 0 Å². The molecule has 8 heteroatoms. The van der Waals surface area contributed by atoms with Crippen LogP contribution in [0.15, 0.2) is 29.2 Å². The van der Waals surface area contributed by atoms with Crippen LogP contribution in [0, 0.1) is 5.92 Å². The van der Waals surface area contributed by atoms with Crippen LogP contribution in [0.1, 0.15) is 12.8 Å². The number of aliphatic hydroxyl groups is 1. The minimum atomic E-state index is -5.29. The second kappa shape index (κ2) is 5.84. The van der Waals surface area contributed by atoms with Crippen molar-refractivity contribution in [3.8, 4) is 0 Å². The molecule has 1 aliphatic rings. The van der Waals surface area contributed by atoms with Gasteiger partial charge >= 0.3 is 5.51 Å². The molecular weight excluding hydrogens is 307 g/mol. The van der Waals surface area contributed by atoms with E-state index in [1.807, 2.05) is 4.90 Å². The van der Waals surface area contributed by atoms with E-state index in [1.165, 1.54) is 12.1 Å². The zero-order valence-electron chi connectivity index (χ0n) is 11.2. The number of anilines is 1. The van der Waals surface area contributed by atoms with Crippen molar-refractivity contribution >= 4 is 15.5 Å². The highest BCUT2D eigenvalue weighted by molar-refractivity contribution is 7.92. The van der Waals surface area contributed by atoms with Gasteiger partial charge in [0.1, 0.15) is 0 Å². The number of aliphatic hydroxyl groups excluding tert-OH is 1. The Hall–Kier alpha value is -1.28. The van der Waals surface area contributed by atoms with Crippen LogP contribution in [-0.2, 0) is 9.84 Å². The van der Waals surface area contributed by atoms with E-state index in [4.69, 9.17) is 5.11 Å². The molecule has 1 unspecified atom stereocenters. The predicted molar refractivity (Wildman–Crippen MR) is 71.7 cm³/mol. The Balaban J connectivity index is 2.14. The summed E-state index contributed by atoms with van der Waals surface area (Å²) >= 11 is 0. The number of halogens is 3. The van der Waals surface area contributed by atoms with Gasteiger partial charge in [0.15, 0.2) is 0 Å². The van der Waals surface area contributed by atoms with Gasteiger partial charge in [-0.2, -0.15) is 13.2 Å². The topological polar surface area (TPSA) is 57.6 Å². The number of benzene rings is 1. The number of alkyl halides is 3. The molecule has 0 bridgehead atoms. The lowest BCUT2D eigenvalue weighted by Crippen LogP contribution is -2.23. The van der Waals surface area contributed by atoms with Crippen LogP contribution >= 0.6 is 0 Å². The molecule has 0 spiro atoms. The van der Waals surface area contributed by atoms with Crippen molar-refractivity contribution in [2.24, 2.45) is 5.92 Å². The van der Waals surface area contributed by atoms with E-state index in [0.29, 0.717) is 24.6 Å². The van der Waals surface area contributed by atoms with Crippen molar-refractivity contribution in [1.82, 2.24) is 0 Å². The van der Waals surface area contributed by atoms with Crippen molar-refractivity contribution < 1.29 is 26.7 Å². The van der Waals surface area contributed by atoms with Gasteiger partial charge in [-0.25, -0.2) is 8.42 Å². The smallest absolute Gasteiger partial charge is 0.396 e. The molecule has 1 aliphatic heterocycles. The Morgan fingerprint density at radius 3 is 2.38 bits per heavy atom. The summed E-state index contributed by atoms with van der Waals surface area (Å²) in [6, 6.07) is 4.74. The number of hydrogen-bond donors (Lipinski definition) is 1. The van der Waals surface area contributed by atoms with Gasteiger partial charge < -0.3 is 10.0 Å². The molecule has 1 fully saturated rings. The fourth-order valence-electron chi connectivity index (χ4n) is 2.46. The fraction of sp³-hybridized carbons (Fsp3) is 0.538. The summed E-state index contributed by atoms with van der Waals surface area (Å²) in [6.45, 7) is 1.57. The highest BCUT2D eigenvalue weighted by atomic mass is 32.2. The van der Waals surface area contributed by atoms with Gasteiger partial charge in [0, 0.05) is 25.4 Å². The van der Waals surface area contributed by atoms with E-state index >= 15 is 0 Å². The van der Waals surface area contributed by atoms with E-state index in [0.717, 1.165) is 25.1 Å². The average molecular weight is 323 g/mol. The third-order valence-electron chi connectivity index (χ3n) is 3.64. The first-order valence-electron chi connectivity index (χ1n) is 6.53. The second-order valence-corrected chi connectivity index (χ2v) is 7.00.